The van der Waals surface area contributed by atoms with Crippen molar-refractivity contribution >= 4 is 11.6 Å². The zero-order chi connectivity index (χ0) is 14.2. The zero-order valence-electron chi connectivity index (χ0n) is 12.5. The Bertz CT molecular complexity index is 512. The summed E-state index contributed by atoms with van der Waals surface area (Å²) >= 11 is 0. The van der Waals surface area contributed by atoms with Crippen LogP contribution >= 0.6 is 0 Å². The Morgan fingerprint density at radius 1 is 1.20 bits per heavy atom. The van der Waals surface area contributed by atoms with Gasteiger partial charge < -0.3 is 10.6 Å². The topological polar surface area (TPSA) is 59.0 Å². The summed E-state index contributed by atoms with van der Waals surface area (Å²) < 4.78 is 1.71. The van der Waals surface area contributed by atoms with Crippen LogP contribution in [0.1, 0.15) is 68.1 Å². The van der Waals surface area contributed by atoms with E-state index in [-0.39, 0.29) is 11.6 Å². The summed E-state index contributed by atoms with van der Waals surface area (Å²) in [6.45, 7) is 2.14. The van der Waals surface area contributed by atoms with E-state index in [1.807, 2.05) is 7.05 Å². The van der Waals surface area contributed by atoms with Crippen molar-refractivity contribution in [3.8, 4) is 0 Å². The SMILES string of the molecule is CCCc1nn(C)c2c1NC1(CCCCCC1)NC2=O. The van der Waals surface area contributed by atoms with Crippen LogP contribution in [0.3, 0.4) is 0 Å². The van der Waals surface area contributed by atoms with Gasteiger partial charge in [-0.3, -0.25) is 9.48 Å². The molecule has 0 unspecified atom stereocenters. The number of carbonyl (C=O) groups is 1. The average molecular weight is 276 g/mol. The number of fused-ring (bicyclic) bond motifs is 1. The fourth-order valence-electron chi connectivity index (χ4n) is 3.51. The number of carbonyl (C=O) groups excluding carboxylic acids is 1. The maximum absolute atomic E-state index is 12.5. The van der Waals surface area contributed by atoms with E-state index in [0.717, 1.165) is 37.1 Å². The van der Waals surface area contributed by atoms with Gasteiger partial charge in [-0.25, -0.2) is 0 Å². The van der Waals surface area contributed by atoms with E-state index in [0.29, 0.717) is 5.69 Å². The van der Waals surface area contributed by atoms with Crippen molar-refractivity contribution in [3.63, 3.8) is 0 Å². The van der Waals surface area contributed by atoms with Gasteiger partial charge in [-0.15, -0.1) is 0 Å². The second-order valence-corrected chi connectivity index (χ2v) is 6.12. The summed E-state index contributed by atoms with van der Waals surface area (Å²) in [6.07, 6.45) is 8.86. The molecule has 2 N–H and O–H groups in total. The molecular formula is C15H24N4O. The highest BCUT2D eigenvalue weighted by Gasteiger charge is 2.40. The fourth-order valence-corrected chi connectivity index (χ4v) is 3.51. The predicted octanol–water partition coefficient (Wildman–Crippen LogP) is 2.58. The molecule has 20 heavy (non-hydrogen) atoms. The molecule has 1 saturated carbocycles. The van der Waals surface area contributed by atoms with Crippen LogP contribution in [0.2, 0.25) is 0 Å². The van der Waals surface area contributed by atoms with E-state index in [9.17, 15) is 4.79 Å². The highest BCUT2D eigenvalue weighted by Crippen LogP contribution is 2.35. The number of hydrogen-bond acceptors (Lipinski definition) is 3. The summed E-state index contributed by atoms with van der Waals surface area (Å²) in [4.78, 5) is 12.5. The van der Waals surface area contributed by atoms with Crippen molar-refractivity contribution in [1.82, 2.24) is 15.1 Å². The minimum absolute atomic E-state index is 0.0259. The van der Waals surface area contributed by atoms with Crippen LogP contribution in [0.15, 0.2) is 0 Å². The smallest absolute Gasteiger partial charge is 0.273 e. The maximum Gasteiger partial charge on any atom is 0.273 e. The average Bonchev–Trinajstić information content (AvgIpc) is 2.59. The Morgan fingerprint density at radius 3 is 2.55 bits per heavy atom. The van der Waals surface area contributed by atoms with Crippen LogP contribution in [0.4, 0.5) is 5.69 Å². The zero-order valence-corrected chi connectivity index (χ0v) is 12.5. The monoisotopic (exact) mass is 276 g/mol. The van der Waals surface area contributed by atoms with Crippen molar-refractivity contribution in [2.45, 2.75) is 64.0 Å². The molecule has 2 heterocycles. The lowest BCUT2D eigenvalue weighted by Crippen LogP contribution is -2.57. The van der Waals surface area contributed by atoms with Gasteiger partial charge in [0.15, 0.2) is 0 Å². The van der Waals surface area contributed by atoms with Crippen LogP contribution in [0, 0.1) is 0 Å². The molecule has 1 spiro atoms. The molecule has 1 aromatic rings. The summed E-state index contributed by atoms with van der Waals surface area (Å²) in [5.74, 6) is 0.0259. The lowest BCUT2D eigenvalue weighted by atomic mass is 9.96. The van der Waals surface area contributed by atoms with Gasteiger partial charge in [0, 0.05) is 7.05 Å². The Labute approximate surface area is 120 Å². The van der Waals surface area contributed by atoms with Crippen molar-refractivity contribution in [1.29, 1.82) is 0 Å². The first kappa shape index (κ1) is 13.5. The van der Waals surface area contributed by atoms with Crippen molar-refractivity contribution in [2.75, 3.05) is 5.32 Å². The van der Waals surface area contributed by atoms with Gasteiger partial charge in [0.1, 0.15) is 11.4 Å². The van der Waals surface area contributed by atoms with E-state index in [2.05, 4.69) is 22.7 Å². The molecular weight excluding hydrogens is 252 g/mol. The van der Waals surface area contributed by atoms with Crippen molar-refractivity contribution < 1.29 is 4.79 Å². The number of amides is 1. The van der Waals surface area contributed by atoms with Crippen LogP contribution in [-0.4, -0.2) is 21.4 Å². The third-order valence-corrected chi connectivity index (χ3v) is 4.50. The molecule has 1 aromatic heterocycles. The first-order valence-electron chi connectivity index (χ1n) is 7.82. The van der Waals surface area contributed by atoms with Crippen molar-refractivity contribution in [3.05, 3.63) is 11.4 Å². The van der Waals surface area contributed by atoms with Gasteiger partial charge in [0.2, 0.25) is 0 Å². The number of nitrogens with one attached hydrogen (secondary N) is 2. The number of hydrogen-bond donors (Lipinski definition) is 2. The fraction of sp³-hybridized carbons (Fsp3) is 0.733. The van der Waals surface area contributed by atoms with Gasteiger partial charge in [-0.05, 0) is 32.1 Å². The van der Waals surface area contributed by atoms with E-state index < -0.39 is 0 Å². The highest BCUT2D eigenvalue weighted by molar-refractivity contribution is 6.01. The van der Waals surface area contributed by atoms with Gasteiger partial charge in [0.25, 0.3) is 5.91 Å². The first-order chi connectivity index (χ1) is 9.65. The molecule has 5 nitrogen and oxygen atoms in total. The minimum atomic E-state index is -0.244. The Kier molecular flexibility index (Phi) is 3.44. The maximum atomic E-state index is 12.5. The molecule has 1 aliphatic carbocycles. The first-order valence-corrected chi connectivity index (χ1v) is 7.82. The van der Waals surface area contributed by atoms with Crippen LogP contribution in [0.5, 0.6) is 0 Å². The molecule has 0 saturated heterocycles. The number of rotatable bonds is 2. The summed E-state index contributed by atoms with van der Waals surface area (Å²) in [5, 5.41) is 11.4. The molecule has 2 aliphatic rings. The summed E-state index contributed by atoms with van der Waals surface area (Å²) in [6, 6.07) is 0. The number of aromatic nitrogens is 2. The molecule has 5 heteroatoms. The lowest BCUT2D eigenvalue weighted by Gasteiger charge is -2.39. The number of aryl methyl sites for hydroxylation is 2. The standard InChI is InChI=1S/C15H24N4O/c1-3-8-11-12-13(19(2)18-11)14(20)17-15(16-12)9-6-4-5-7-10-15/h16H,3-10H2,1-2H3,(H,17,20). The lowest BCUT2D eigenvalue weighted by molar-refractivity contribution is 0.0881. The van der Waals surface area contributed by atoms with Crippen LogP contribution in [-0.2, 0) is 13.5 Å². The molecule has 1 fully saturated rings. The minimum Gasteiger partial charge on any atom is -0.359 e. The summed E-state index contributed by atoms with van der Waals surface area (Å²) in [7, 11) is 1.85. The van der Waals surface area contributed by atoms with Gasteiger partial charge in [-0.1, -0.05) is 26.2 Å². The van der Waals surface area contributed by atoms with E-state index in [1.165, 1.54) is 25.7 Å². The molecule has 110 valence electrons. The second kappa shape index (κ2) is 5.11. The molecule has 0 atom stereocenters. The quantitative estimate of drug-likeness (QED) is 0.873. The molecule has 1 amide bonds. The third-order valence-electron chi connectivity index (χ3n) is 4.50. The molecule has 0 bridgehead atoms. The molecule has 0 aromatic carbocycles. The Hall–Kier alpha value is -1.52. The van der Waals surface area contributed by atoms with E-state index in [4.69, 9.17) is 0 Å². The predicted molar refractivity (Wildman–Crippen MR) is 78.7 cm³/mol. The third kappa shape index (κ3) is 2.19. The normalized spacial score (nSPS) is 21.0. The highest BCUT2D eigenvalue weighted by atomic mass is 16.2. The molecule has 0 radical (unpaired) electrons. The largest absolute Gasteiger partial charge is 0.359 e. The van der Waals surface area contributed by atoms with Crippen molar-refractivity contribution in [2.24, 2.45) is 7.05 Å². The Morgan fingerprint density at radius 2 is 1.90 bits per heavy atom. The van der Waals surface area contributed by atoms with Gasteiger partial charge in [-0.2, -0.15) is 5.10 Å². The van der Waals surface area contributed by atoms with Gasteiger partial charge in [0.05, 0.1) is 11.4 Å². The van der Waals surface area contributed by atoms with Gasteiger partial charge >= 0.3 is 0 Å². The summed E-state index contributed by atoms with van der Waals surface area (Å²) in [5.41, 5.74) is 2.44. The molecule has 3 rings (SSSR count). The molecule has 1 aliphatic heterocycles. The Balaban J connectivity index is 1.98. The second-order valence-electron chi connectivity index (χ2n) is 6.12. The number of anilines is 1. The van der Waals surface area contributed by atoms with E-state index in [1.54, 1.807) is 4.68 Å². The van der Waals surface area contributed by atoms with Crippen LogP contribution < -0.4 is 10.6 Å². The number of nitrogens with zero attached hydrogens (tertiary/aromatic N) is 2. The van der Waals surface area contributed by atoms with Crippen LogP contribution in [0.25, 0.3) is 0 Å². The van der Waals surface area contributed by atoms with E-state index >= 15 is 0 Å².